The van der Waals surface area contributed by atoms with Crippen LogP contribution in [-0.2, 0) is 45.3 Å². The number of rotatable bonds is 14. The van der Waals surface area contributed by atoms with Crippen LogP contribution < -0.4 is 0 Å². The van der Waals surface area contributed by atoms with Crippen LogP contribution in [0.3, 0.4) is 0 Å². The Morgan fingerprint density at radius 3 is 1.36 bits per heavy atom. The molecule has 3 aliphatic rings. The first-order chi connectivity index (χ1) is 28.7. The van der Waals surface area contributed by atoms with Gasteiger partial charge in [-0.25, -0.2) is 9.36 Å². The smallest absolute Gasteiger partial charge is 0.380 e. The third-order valence-corrected chi connectivity index (χ3v) is 12.5. The summed E-state index contributed by atoms with van der Waals surface area (Å²) in [7, 11) is 0. The molecule has 26 heteroatoms. The average Bonchev–Trinajstić information content (AvgIpc) is 4.03. The number of hydrogen-bond acceptors (Lipinski definition) is 18. The molecule has 0 saturated carbocycles. The minimum Gasteiger partial charge on any atom is -0.394 e. The second-order valence-electron chi connectivity index (χ2n) is 14.7. The lowest BCUT2D eigenvalue weighted by molar-refractivity contribution is -0.304. The fourth-order valence-corrected chi connectivity index (χ4v) is 9.28. The van der Waals surface area contributed by atoms with Gasteiger partial charge >= 0.3 is 17.8 Å². The van der Waals surface area contributed by atoms with E-state index < -0.39 is 115 Å². The van der Waals surface area contributed by atoms with Crippen LogP contribution >= 0.6 is 22.7 Å². The van der Waals surface area contributed by atoms with Gasteiger partial charge in [-0.15, -0.1) is 32.9 Å². The van der Waals surface area contributed by atoms with Gasteiger partial charge in [0.1, 0.15) is 60.2 Å². The third kappa shape index (κ3) is 8.27. The van der Waals surface area contributed by atoms with E-state index in [9.17, 15) is 40.9 Å². The van der Waals surface area contributed by atoms with Crippen LogP contribution in [0.25, 0.3) is 11.1 Å². The number of ether oxygens (including phenoxy) is 4. The number of halogens is 6. The van der Waals surface area contributed by atoms with Crippen molar-refractivity contribution in [3.63, 3.8) is 0 Å². The highest BCUT2D eigenvalue weighted by molar-refractivity contribution is 7.12. The van der Waals surface area contributed by atoms with Gasteiger partial charge in [0.15, 0.2) is 12.6 Å². The predicted molar refractivity (Wildman–Crippen MR) is 195 cm³/mol. The van der Waals surface area contributed by atoms with E-state index >= 15 is 26.3 Å². The SMILES string of the molecule is Cc1sc(Cn2cc(CO[C@@H]3O[C@H](CO)[C@@H](O)[C@H](O)[C@H]3O)nn2)cc1C1=C(c2cc(Cn3cc(CO[C@@H]4O[C@H](CO)[C@@H](O)[C@H](O)[C@H]4O)nn3)sc2C)C(F)(F)C(F)(F)C1(F)F. The molecule has 1 aliphatic carbocycles. The number of thiophene rings is 2. The Kier molecular flexibility index (Phi) is 12.9. The second kappa shape index (κ2) is 17.2. The third-order valence-electron chi connectivity index (χ3n) is 10.4. The maximum atomic E-state index is 15.8. The summed E-state index contributed by atoms with van der Waals surface area (Å²) in [5.74, 6) is -16.4. The Balaban J connectivity index is 1.08. The monoisotopic (exact) mass is 914 g/mol. The highest BCUT2D eigenvalue weighted by Crippen LogP contribution is 2.65. The van der Waals surface area contributed by atoms with Crippen LogP contribution in [0.1, 0.15) is 42.0 Å². The quantitative estimate of drug-likeness (QED) is 0.0785. The molecule has 0 unspecified atom stereocenters. The van der Waals surface area contributed by atoms with E-state index in [1.165, 1.54) is 35.6 Å². The summed E-state index contributed by atoms with van der Waals surface area (Å²) in [6.45, 7) is 0.296. The fourth-order valence-electron chi connectivity index (χ4n) is 7.20. The van der Waals surface area contributed by atoms with Gasteiger partial charge in [0.05, 0.1) is 51.9 Å². The zero-order valence-electron chi connectivity index (χ0n) is 31.8. The lowest BCUT2D eigenvalue weighted by Crippen LogP contribution is -2.59. The molecule has 10 atom stereocenters. The first kappa shape index (κ1) is 45.5. The molecular formula is C35H40F6N6O12S2. The van der Waals surface area contributed by atoms with Gasteiger partial charge in [0, 0.05) is 30.7 Å². The van der Waals surface area contributed by atoms with Gasteiger partial charge < -0.3 is 59.8 Å². The number of aliphatic hydroxyl groups is 8. The molecule has 2 aliphatic heterocycles. The standard InChI is InChI=1S/C35H40F6N6O12S2/c1-13-19(3-17(60-13)7-46-5-15(42-44-46)11-56-31-29(54)27(52)25(50)21(9-48)58-31)23-24(34(38,39)35(40,41)33(23,36)37)20-4-18(61-14(20)2)8-47-6-16(43-45-47)12-57-32-30(55)28(53)26(51)22(10-49)59-32/h3-6,21-22,25-32,48-55H,7-12H2,1-2H3/t21-,22-,25-,26-,27+,28+,29-,30-,31-,32-/m1/s1. The van der Waals surface area contributed by atoms with Crippen molar-refractivity contribution in [1.29, 1.82) is 0 Å². The van der Waals surface area contributed by atoms with E-state index in [-0.39, 0.29) is 57.2 Å². The molecule has 8 N–H and O–H groups in total. The topological polar surface area (TPSA) is 260 Å². The van der Waals surface area contributed by atoms with Gasteiger partial charge in [-0.2, -0.15) is 26.3 Å². The van der Waals surface area contributed by atoms with Crippen molar-refractivity contribution in [1.82, 2.24) is 30.0 Å². The molecule has 6 heterocycles. The molecule has 2 fully saturated rings. The van der Waals surface area contributed by atoms with Crippen molar-refractivity contribution >= 4 is 33.8 Å². The number of hydrogen-bond donors (Lipinski definition) is 8. The lowest BCUT2D eigenvalue weighted by atomic mass is 9.95. The van der Waals surface area contributed by atoms with Gasteiger partial charge in [0.2, 0.25) is 0 Å². The Morgan fingerprint density at radius 1 is 0.623 bits per heavy atom. The summed E-state index contributed by atoms with van der Waals surface area (Å²) in [4.78, 5) is 0.604. The largest absolute Gasteiger partial charge is 0.394 e. The maximum Gasteiger partial charge on any atom is 0.380 e. The molecule has 0 aromatic carbocycles. The minimum absolute atomic E-state index is 0.0381. The number of allylic oxidation sites excluding steroid dienone is 2. The van der Waals surface area contributed by atoms with Gasteiger partial charge in [-0.05, 0) is 37.1 Å². The highest BCUT2D eigenvalue weighted by atomic mass is 32.1. The molecule has 0 bridgehead atoms. The molecule has 4 aromatic rings. The van der Waals surface area contributed by atoms with Gasteiger partial charge in [0.25, 0.3) is 0 Å². The molecule has 0 amide bonds. The number of aryl methyl sites for hydroxylation is 2. The molecule has 7 rings (SSSR count). The molecular weight excluding hydrogens is 875 g/mol. The van der Waals surface area contributed by atoms with E-state index in [1.807, 2.05) is 0 Å². The summed E-state index contributed by atoms with van der Waals surface area (Å²) < 4.78 is 118. The minimum atomic E-state index is -5.81. The first-order valence-corrected chi connectivity index (χ1v) is 20.0. The van der Waals surface area contributed by atoms with Crippen molar-refractivity contribution in [3.8, 4) is 0 Å². The molecule has 0 radical (unpaired) electrons. The van der Waals surface area contributed by atoms with E-state index in [0.717, 1.165) is 34.8 Å². The van der Waals surface area contributed by atoms with E-state index in [0.29, 0.717) is 0 Å². The Labute approximate surface area is 348 Å². The summed E-state index contributed by atoms with van der Waals surface area (Å²) in [5, 5.41) is 94.7. The van der Waals surface area contributed by atoms with Crippen molar-refractivity contribution in [2.24, 2.45) is 0 Å². The average molecular weight is 915 g/mol. The van der Waals surface area contributed by atoms with Crippen LogP contribution in [0, 0.1) is 13.8 Å². The molecule has 18 nitrogen and oxygen atoms in total. The van der Waals surface area contributed by atoms with E-state index in [4.69, 9.17) is 18.9 Å². The van der Waals surface area contributed by atoms with Crippen molar-refractivity contribution < 1.29 is 86.1 Å². The van der Waals surface area contributed by atoms with Crippen molar-refractivity contribution in [2.75, 3.05) is 13.2 Å². The molecule has 4 aromatic heterocycles. The Morgan fingerprint density at radius 2 is 1.00 bits per heavy atom. The fraction of sp³-hybridized carbons (Fsp3) is 0.600. The maximum absolute atomic E-state index is 15.8. The normalized spacial score (nSPS) is 31.0. The summed E-state index contributed by atoms with van der Waals surface area (Å²) >= 11 is 1.77. The number of aromatic nitrogens is 6. The number of aliphatic hydroxyl groups excluding tert-OH is 8. The second-order valence-corrected chi connectivity index (χ2v) is 17.4. The van der Waals surface area contributed by atoms with E-state index in [2.05, 4.69) is 20.6 Å². The summed E-state index contributed by atoms with van der Waals surface area (Å²) in [5.41, 5.74) is -3.79. The van der Waals surface area contributed by atoms with Crippen LogP contribution in [-0.4, -0.2) is 163 Å². The van der Waals surface area contributed by atoms with Gasteiger partial charge in [-0.3, -0.25) is 0 Å². The van der Waals surface area contributed by atoms with Crippen LogP contribution in [0.4, 0.5) is 26.3 Å². The Bertz CT molecular complexity index is 2070. The number of nitrogens with zero attached hydrogens (tertiary/aromatic N) is 6. The molecule has 336 valence electrons. The zero-order chi connectivity index (χ0) is 44.3. The van der Waals surface area contributed by atoms with Crippen LogP contribution in [0.5, 0.6) is 0 Å². The molecule has 0 spiro atoms. The molecule has 61 heavy (non-hydrogen) atoms. The highest BCUT2D eigenvalue weighted by Gasteiger charge is 2.80. The zero-order valence-corrected chi connectivity index (χ0v) is 33.4. The van der Waals surface area contributed by atoms with Crippen LogP contribution in [0.15, 0.2) is 24.5 Å². The number of alkyl halides is 6. The van der Waals surface area contributed by atoms with Crippen LogP contribution in [0.2, 0.25) is 0 Å². The van der Waals surface area contributed by atoms with Crippen molar-refractivity contribution in [2.45, 2.75) is 119 Å². The summed E-state index contributed by atoms with van der Waals surface area (Å²) in [6, 6.07) is 2.22. The van der Waals surface area contributed by atoms with Crippen molar-refractivity contribution in [3.05, 3.63) is 66.5 Å². The molecule has 2 saturated heterocycles. The summed E-state index contributed by atoms with van der Waals surface area (Å²) in [6.07, 6.45) is -12.6. The lowest BCUT2D eigenvalue weighted by Gasteiger charge is -2.39. The predicted octanol–water partition coefficient (Wildman–Crippen LogP) is 0.169. The Hall–Kier alpha value is -3.48. The van der Waals surface area contributed by atoms with E-state index in [1.54, 1.807) is 0 Å². The first-order valence-electron chi connectivity index (χ1n) is 18.4. The van der Waals surface area contributed by atoms with Gasteiger partial charge in [-0.1, -0.05) is 10.4 Å².